The first-order valence-electron chi connectivity index (χ1n) is 5.06. The number of amides is 1. The lowest BCUT2D eigenvalue weighted by molar-refractivity contribution is -0.114. The molecule has 0 spiro atoms. The Hall–Kier alpha value is -1.10. The molecular formula is C8H15N5O3S2. The van der Waals surface area contributed by atoms with Gasteiger partial charge in [0.15, 0.2) is 0 Å². The topological polar surface area (TPSA) is 118 Å². The van der Waals surface area contributed by atoms with Crippen LogP contribution in [0.15, 0.2) is 4.34 Å². The lowest BCUT2D eigenvalue weighted by atomic mass is 10.4. The van der Waals surface area contributed by atoms with Crippen LogP contribution in [0.25, 0.3) is 0 Å². The first-order valence-corrected chi connectivity index (χ1v) is 7.32. The summed E-state index contributed by atoms with van der Waals surface area (Å²) in [6, 6.07) is -0.285. The minimum absolute atomic E-state index is 0.148. The molecule has 0 saturated carbocycles. The number of carbonyl (C=O) groups excluding carboxylic acids is 1. The second kappa shape index (κ2) is 5.69. The Morgan fingerprint density at radius 2 is 2.17 bits per heavy atom. The van der Waals surface area contributed by atoms with E-state index in [0.29, 0.717) is 0 Å². The fraction of sp³-hybridized carbons (Fsp3) is 0.625. The maximum atomic E-state index is 12.0. The van der Waals surface area contributed by atoms with Crippen LogP contribution in [0.1, 0.15) is 13.8 Å². The molecule has 3 N–H and O–H groups in total. The molecule has 8 nitrogen and oxygen atoms in total. The summed E-state index contributed by atoms with van der Waals surface area (Å²) >= 11 is 0.799. The quantitative estimate of drug-likeness (QED) is 0.704. The summed E-state index contributed by atoms with van der Waals surface area (Å²) in [5.74, 6) is -0.334. The molecule has 1 unspecified atom stereocenters. The van der Waals surface area contributed by atoms with Gasteiger partial charge in [0.2, 0.25) is 15.4 Å². The monoisotopic (exact) mass is 293 g/mol. The van der Waals surface area contributed by atoms with Crippen molar-refractivity contribution in [3.63, 3.8) is 0 Å². The Morgan fingerprint density at radius 3 is 2.67 bits per heavy atom. The molecule has 0 radical (unpaired) electrons. The molecule has 1 aromatic rings. The fourth-order valence-electron chi connectivity index (χ4n) is 1.15. The van der Waals surface area contributed by atoms with Gasteiger partial charge in [-0.05, 0) is 6.92 Å². The van der Waals surface area contributed by atoms with Gasteiger partial charge in [-0.3, -0.25) is 4.79 Å². The van der Waals surface area contributed by atoms with Crippen LogP contribution >= 0.6 is 11.3 Å². The Morgan fingerprint density at radius 1 is 1.56 bits per heavy atom. The van der Waals surface area contributed by atoms with E-state index in [9.17, 15) is 13.2 Å². The lowest BCUT2D eigenvalue weighted by Gasteiger charge is -2.16. The Kier molecular flexibility index (Phi) is 4.73. The number of carbonyl (C=O) groups is 1. The van der Waals surface area contributed by atoms with Crippen molar-refractivity contribution in [1.82, 2.24) is 14.5 Å². The number of rotatable bonds is 5. The second-order valence-corrected chi connectivity index (χ2v) is 7.01. The van der Waals surface area contributed by atoms with E-state index in [1.807, 2.05) is 0 Å². The number of nitrogens with two attached hydrogens (primary N) is 1. The molecule has 102 valence electrons. The maximum Gasteiger partial charge on any atom is 0.272 e. The maximum absolute atomic E-state index is 12.0. The van der Waals surface area contributed by atoms with E-state index in [4.69, 9.17) is 5.73 Å². The molecule has 1 amide bonds. The molecule has 1 heterocycles. The van der Waals surface area contributed by atoms with Crippen LogP contribution in [0.3, 0.4) is 0 Å². The Balaban J connectivity index is 2.91. The molecule has 0 aliphatic carbocycles. The summed E-state index contributed by atoms with van der Waals surface area (Å²) in [6.45, 7) is 3.18. The smallest absolute Gasteiger partial charge is 0.272 e. The van der Waals surface area contributed by atoms with Gasteiger partial charge in [-0.2, -0.15) is 4.31 Å². The summed E-state index contributed by atoms with van der Waals surface area (Å²) in [5.41, 5.74) is 5.54. The number of aromatic nitrogens is 2. The van der Waals surface area contributed by atoms with E-state index in [-0.39, 0.29) is 28.0 Å². The third-order valence-electron chi connectivity index (χ3n) is 1.87. The number of nitrogens with zero attached hydrogens (tertiary/aromatic N) is 3. The number of anilines is 1. The number of nitrogens with one attached hydrogen (secondary N) is 1. The minimum atomic E-state index is -3.70. The summed E-state index contributed by atoms with van der Waals surface area (Å²) in [4.78, 5) is 10.8. The first-order chi connectivity index (χ1) is 8.23. The van der Waals surface area contributed by atoms with Crippen molar-refractivity contribution in [3.05, 3.63) is 0 Å². The van der Waals surface area contributed by atoms with Crippen molar-refractivity contribution in [2.45, 2.75) is 24.2 Å². The summed E-state index contributed by atoms with van der Waals surface area (Å²) in [6.07, 6.45) is 0. The highest BCUT2D eigenvalue weighted by atomic mass is 32.2. The summed E-state index contributed by atoms with van der Waals surface area (Å²) in [7, 11) is -2.29. The highest BCUT2D eigenvalue weighted by Gasteiger charge is 2.26. The molecule has 1 rings (SSSR count). The zero-order chi connectivity index (χ0) is 13.9. The molecule has 10 heteroatoms. The van der Waals surface area contributed by atoms with E-state index >= 15 is 0 Å². The van der Waals surface area contributed by atoms with Crippen LogP contribution in [0, 0.1) is 0 Å². The van der Waals surface area contributed by atoms with E-state index in [1.54, 1.807) is 6.92 Å². The predicted octanol–water partition coefficient (Wildman–Crippen LogP) is -0.536. The molecule has 18 heavy (non-hydrogen) atoms. The standard InChI is InChI=1S/C8H15N5O3S2/c1-5(9)4-13(3)18(15,16)8-12-11-7(17-8)10-6(2)14/h5H,4,9H2,1-3H3,(H,10,11,14). The molecule has 1 aromatic heterocycles. The third kappa shape index (κ3) is 3.70. The van der Waals surface area contributed by atoms with Crippen LogP contribution < -0.4 is 11.1 Å². The van der Waals surface area contributed by atoms with Gasteiger partial charge in [-0.1, -0.05) is 11.3 Å². The second-order valence-electron chi connectivity index (χ2n) is 3.82. The van der Waals surface area contributed by atoms with Gasteiger partial charge in [0, 0.05) is 26.6 Å². The van der Waals surface area contributed by atoms with Crippen molar-refractivity contribution in [3.8, 4) is 0 Å². The van der Waals surface area contributed by atoms with E-state index < -0.39 is 10.0 Å². The molecule has 0 saturated heterocycles. The average molecular weight is 293 g/mol. The van der Waals surface area contributed by atoms with E-state index in [1.165, 1.54) is 14.0 Å². The zero-order valence-corrected chi connectivity index (χ0v) is 11.9. The molecular weight excluding hydrogens is 278 g/mol. The van der Waals surface area contributed by atoms with Crippen LogP contribution in [0.2, 0.25) is 0 Å². The normalized spacial score (nSPS) is 13.6. The van der Waals surface area contributed by atoms with Crippen molar-refractivity contribution >= 4 is 32.4 Å². The summed E-state index contributed by atoms with van der Waals surface area (Å²) in [5, 5.41) is 9.66. The predicted molar refractivity (Wildman–Crippen MR) is 67.7 cm³/mol. The van der Waals surface area contributed by atoms with Crippen LogP contribution in [-0.4, -0.2) is 48.5 Å². The van der Waals surface area contributed by atoms with Gasteiger partial charge >= 0.3 is 0 Å². The van der Waals surface area contributed by atoms with Crippen LogP contribution in [-0.2, 0) is 14.8 Å². The van der Waals surface area contributed by atoms with Crippen molar-refractivity contribution < 1.29 is 13.2 Å². The highest BCUT2D eigenvalue weighted by Crippen LogP contribution is 2.22. The Bertz CT molecular complexity index is 525. The molecule has 0 aromatic carbocycles. The zero-order valence-electron chi connectivity index (χ0n) is 10.2. The van der Waals surface area contributed by atoms with Gasteiger partial charge in [0.05, 0.1) is 0 Å². The summed E-state index contributed by atoms with van der Waals surface area (Å²) < 4.78 is 25.0. The van der Waals surface area contributed by atoms with Crippen LogP contribution in [0.4, 0.5) is 5.13 Å². The molecule has 0 bridgehead atoms. The number of hydrogen-bond acceptors (Lipinski definition) is 7. The van der Waals surface area contributed by atoms with E-state index in [0.717, 1.165) is 15.6 Å². The van der Waals surface area contributed by atoms with Gasteiger partial charge < -0.3 is 11.1 Å². The number of likely N-dealkylation sites (N-methyl/N-ethyl adjacent to an activating group) is 1. The SMILES string of the molecule is CC(=O)Nc1nnc(S(=O)(=O)N(C)CC(C)N)s1. The van der Waals surface area contributed by atoms with Crippen LogP contribution in [0.5, 0.6) is 0 Å². The highest BCUT2D eigenvalue weighted by molar-refractivity contribution is 7.91. The van der Waals surface area contributed by atoms with Gasteiger partial charge in [0.1, 0.15) is 0 Å². The fourth-order valence-corrected chi connectivity index (χ4v) is 3.56. The molecule has 0 aliphatic heterocycles. The van der Waals surface area contributed by atoms with Crippen molar-refractivity contribution in [2.24, 2.45) is 5.73 Å². The Labute approximate surface area is 109 Å². The average Bonchev–Trinajstić information content (AvgIpc) is 2.64. The molecule has 1 atom stereocenters. The number of sulfonamides is 1. The van der Waals surface area contributed by atoms with Gasteiger partial charge in [0.25, 0.3) is 10.0 Å². The largest absolute Gasteiger partial charge is 0.327 e. The minimum Gasteiger partial charge on any atom is -0.327 e. The van der Waals surface area contributed by atoms with Gasteiger partial charge in [-0.15, -0.1) is 10.2 Å². The van der Waals surface area contributed by atoms with E-state index in [2.05, 4.69) is 15.5 Å². The third-order valence-corrected chi connectivity index (χ3v) is 4.87. The first kappa shape index (κ1) is 15.0. The molecule has 0 aliphatic rings. The lowest BCUT2D eigenvalue weighted by Crippen LogP contribution is -2.36. The van der Waals surface area contributed by atoms with Crippen molar-refractivity contribution in [1.29, 1.82) is 0 Å². The van der Waals surface area contributed by atoms with Gasteiger partial charge in [-0.25, -0.2) is 8.42 Å². The van der Waals surface area contributed by atoms with Crippen molar-refractivity contribution in [2.75, 3.05) is 18.9 Å². The molecule has 0 fully saturated rings. The number of hydrogen-bond donors (Lipinski definition) is 2.